The van der Waals surface area contributed by atoms with Crippen LogP contribution in [0.25, 0.3) is 0 Å². The Labute approximate surface area is 108 Å². The van der Waals surface area contributed by atoms with Crippen LogP contribution in [0, 0.1) is 0 Å². The van der Waals surface area contributed by atoms with E-state index in [0.29, 0.717) is 5.02 Å². The summed E-state index contributed by atoms with van der Waals surface area (Å²) in [5.41, 5.74) is 5.10. The minimum absolute atomic E-state index is 0.207. The van der Waals surface area contributed by atoms with E-state index in [4.69, 9.17) is 22.4 Å². The van der Waals surface area contributed by atoms with Crippen molar-refractivity contribution >= 4 is 29.4 Å². The minimum atomic E-state index is -1.35. The SMILES string of the molecule is NC(=O)C[C@H](NC(=O)c1cccc(Cl)c1)C(=O)O. The van der Waals surface area contributed by atoms with Crippen LogP contribution in [0.3, 0.4) is 0 Å². The van der Waals surface area contributed by atoms with Crippen LogP contribution < -0.4 is 11.1 Å². The van der Waals surface area contributed by atoms with Crippen LogP contribution in [-0.2, 0) is 9.59 Å². The van der Waals surface area contributed by atoms with Crippen molar-refractivity contribution in [3.05, 3.63) is 34.9 Å². The highest BCUT2D eigenvalue weighted by Crippen LogP contribution is 2.10. The quantitative estimate of drug-likeness (QED) is 0.719. The van der Waals surface area contributed by atoms with Crippen molar-refractivity contribution in [3.63, 3.8) is 0 Å². The largest absolute Gasteiger partial charge is 0.480 e. The molecule has 1 rings (SSSR count). The molecule has 0 fully saturated rings. The summed E-state index contributed by atoms with van der Waals surface area (Å²) in [4.78, 5) is 33.2. The highest BCUT2D eigenvalue weighted by molar-refractivity contribution is 6.31. The molecule has 0 heterocycles. The molecule has 0 radical (unpaired) electrons. The lowest BCUT2D eigenvalue weighted by atomic mass is 10.1. The van der Waals surface area contributed by atoms with Crippen LogP contribution >= 0.6 is 11.6 Å². The first-order chi connectivity index (χ1) is 8.40. The average Bonchev–Trinajstić information content (AvgIpc) is 2.27. The summed E-state index contributed by atoms with van der Waals surface area (Å²) in [7, 11) is 0. The Kier molecular flexibility index (Phi) is 4.67. The summed E-state index contributed by atoms with van der Waals surface area (Å²) in [5.74, 6) is -2.77. The molecule has 1 atom stereocenters. The molecule has 7 heteroatoms. The van der Waals surface area contributed by atoms with Gasteiger partial charge in [0.1, 0.15) is 6.04 Å². The Bertz CT molecular complexity index is 490. The Balaban J connectivity index is 2.78. The lowest BCUT2D eigenvalue weighted by Gasteiger charge is -2.12. The maximum atomic E-state index is 11.7. The van der Waals surface area contributed by atoms with Gasteiger partial charge in [-0.25, -0.2) is 4.79 Å². The van der Waals surface area contributed by atoms with Gasteiger partial charge in [-0.05, 0) is 18.2 Å². The molecule has 4 N–H and O–H groups in total. The molecule has 6 nitrogen and oxygen atoms in total. The van der Waals surface area contributed by atoms with Crippen molar-refractivity contribution in [2.45, 2.75) is 12.5 Å². The molecule has 0 saturated heterocycles. The molecular weight excluding hydrogens is 260 g/mol. The molecular formula is C11H11ClN2O4. The van der Waals surface area contributed by atoms with Crippen molar-refractivity contribution in [2.75, 3.05) is 0 Å². The van der Waals surface area contributed by atoms with Gasteiger partial charge < -0.3 is 16.2 Å². The molecule has 1 aromatic carbocycles. The molecule has 2 amide bonds. The molecule has 0 aliphatic heterocycles. The molecule has 0 aromatic heterocycles. The number of carboxylic acid groups (broad SMARTS) is 1. The van der Waals surface area contributed by atoms with Crippen molar-refractivity contribution in [1.29, 1.82) is 0 Å². The normalized spacial score (nSPS) is 11.6. The number of carboxylic acids is 1. The van der Waals surface area contributed by atoms with Crippen LogP contribution in [0.1, 0.15) is 16.8 Å². The van der Waals surface area contributed by atoms with Crippen molar-refractivity contribution in [1.82, 2.24) is 5.32 Å². The molecule has 1 aromatic rings. The van der Waals surface area contributed by atoms with Crippen LogP contribution in [0.15, 0.2) is 24.3 Å². The molecule has 0 unspecified atom stereocenters. The zero-order valence-electron chi connectivity index (χ0n) is 9.22. The fourth-order valence-electron chi connectivity index (χ4n) is 1.27. The summed E-state index contributed by atoms with van der Waals surface area (Å²) in [6.45, 7) is 0. The van der Waals surface area contributed by atoms with Gasteiger partial charge in [-0.3, -0.25) is 9.59 Å². The molecule has 0 spiro atoms. The van der Waals surface area contributed by atoms with Gasteiger partial charge in [0.2, 0.25) is 5.91 Å². The Hall–Kier alpha value is -2.08. The van der Waals surface area contributed by atoms with Gasteiger partial charge >= 0.3 is 5.97 Å². The molecule has 0 aliphatic carbocycles. The highest BCUT2D eigenvalue weighted by Gasteiger charge is 2.22. The van der Waals surface area contributed by atoms with E-state index >= 15 is 0 Å². The number of halogens is 1. The van der Waals surface area contributed by atoms with E-state index in [1.165, 1.54) is 12.1 Å². The maximum absolute atomic E-state index is 11.7. The number of nitrogens with one attached hydrogen (secondary N) is 1. The second-order valence-electron chi connectivity index (χ2n) is 3.55. The van der Waals surface area contributed by atoms with E-state index in [-0.39, 0.29) is 5.56 Å². The van der Waals surface area contributed by atoms with Gasteiger partial charge in [-0.1, -0.05) is 17.7 Å². The summed E-state index contributed by atoms with van der Waals surface area (Å²) >= 11 is 5.70. The van der Waals surface area contributed by atoms with E-state index in [9.17, 15) is 14.4 Å². The van der Waals surface area contributed by atoms with E-state index in [1.54, 1.807) is 12.1 Å². The second-order valence-corrected chi connectivity index (χ2v) is 3.98. The smallest absolute Gasteiger partial charge is 0.326 e. The number of rotatable bonds is 5. The number of nitrogens with two attached hydrogens (primary N) is 1. The molecule has 18 heavy (non-hydrogen) atoms. The predicted octanol–water partition coefficient (Wildman–Crippen LogP) is 0.398. The topological polar surface area (TPSA) is 109 Å². The summed E-state index contributed by atoms with van der Waals surface area (Å²) in [6.07, 6.45) is -0.471. The monoisotopic (exact) mass is 270 g/mol. The number of carbonyl (C=O) groups is 3. The first kappa shape index (κ1) is 14.0. The van der Waals surface area contributed by atoms with E-state index in [1.807, 2.05) is 0 Å². The summed E-state index contributed by atoms with van der Waals surface area (Å²) in [6, 6.07) is 4.65. The van der Waals surface area contributed by atoms with Gasteiger partial charge in [-0.2, -0.15) is 0 Å². The predicted molar refractivity (Wildman–Crippen MR) is 64.2 cm³/mol. The molecule has 96 valence electrons. The zero-order valence-corrected chi connectivity index (χ0v) is 9.98. The van der Waals surface area contributed by atoms with Crippen LogP contribution in [0.2, 0.25) is 5.02 Å². The Morgan fingerprint density at radius 1 is 1.39 bits per heavy atom. The van der Waals surface area contributed by atoms with Crippen molar-refractivity contribution in [2.24, 2.45) is 5.73 Å². The second kappa shape index (κ2) is 6.02. The van der Waals surface area contributed by atoms with Crippen LogP contribution in [0.5, 0.6) is 0 Å². The van der Waals surface area contributed by atoms with Crippen LogP contribution in [0.4, 0.5) is 0 Å². The third-order valence-corrected chi connectivity index (χ3v) is 2.33. The number of amides is 2. The van der Waals surface area contributed by atoms with Gasteiger partial charge in [0.05, 0.1) is 6.42 Å². The molecule has 0 bridgehead atoms. The zero-order chi connectivity index (χ0) is 13.7. The van der Waals surface area contributed by atoms with Gasteiger partial charge in [0.15, 0.2) is 0 Å². The number of aliphatic carboxylic acids is 1. The average molecular weight is 271 g/mol. The van der Waals surface area contributed by atoms with Crippen LogP contribution in [-0.4, -0.2) is 28.9 Å². The van der Waals surface area contributed by atoms with Gasteiger partial charge in [0, 0.05) is 10.6 Å². The highest BCUT2D eigenvalue weighted by atomic mass is 35.5. The Morgan fingerprint density at radius 3 is 2.56 bits per heavy atom. The summed E-state index contributed by atoms with van der Waals surface area (Å²) < 4.78 is 0. The standard InChI is InChI=1S/C11H11ClN2O4/c12-7-3-1-2-6(4-7)10(16)14-8(11(17)18)5-9(13)15/h1-4,8H,5H2,(H2,13,15)(H,14,16)(H,17,18)/t8-/m0/s1. The lowest BCUT2D eigenvalue weighted by molar-refractivity contribution is -0.140. The van der Waals surface area contributed by atoms with E-state index < -0.39 is 30.2 Å². The lowest BCUT2D eigenvalue weighted by Crippen LogP contribution is -2.43. The number of hydrogen-bond acceptors (Lipinski definition) is 3. The fourth-order valence-corrected chi connectivity index (χ4v) is 1.46. The van der Waals surface area contributed by atoms with Gasteiger partial charge in [0.25, 0.3) is 5.91 Å². The number of carbonyl (C=O) groups excluding carboxylic acids is 2. The molecule has 0 aliphatic rings. The molecule has 0 saturated carbocycles. The van der Waals surface area contributed by atoms with Gasteiger partial charge in [-0.15, -0.1) is 0 Å². The number of hydrogen-bond donors (Lipinski definition) is 3. The first-order valence-corrected chi connectivity index (χ1v) is 5.35. The summed E-state index contributed by atoms with van der Waals surface area (Å²) in [5, 5.41) is 11.4. The minimum Gasteiger partial charge on any atom is -0.480 e. The maximum Gasteiger partial charge on any atom is 0.326 e. The number of benzene rings is 1. The number of primary amides is 1. The third kappa shape index (κ3) is 4.06. The Morgan fingerprint density at radius 2 is 2.06 bits per heavy atom. The van der Waals surface area contributed by atoms with E-state index in [0.717, 1.165) is 0 Å². The fraction of sp³-hybridized carbons (Fsp3) is 0.182. The third-order valence-electron chi connectivity index (χ3n) is 2.10. The van der Waals surface area contributed by atoms with Crippen molar-refractivity contribution in [3.8, 4) is 0 Å². The van der Waals surface area contributed by atoms with E-state index in [2.05, 4.69) is 5.32 Å². The van der Waals surface area contributed by atoms with Crippen molar-refractivity contribution < 1.29 is 19.5 Å². The first-order valence-electron chi connectivity index (χ1n) is 4.97.